The van der Waals surface area contributed by atoms with E-state index in [9.17, 15) is 9.59 Å². The molecule has 0 unspecified atom stereocenters. The molecule has 6 nitrogen and oxygen atoms in total. The lowest BCUT2D eigenvalue weighted by atomic mass is 10.1. The summed E-state index contributed by atoms with van der Waals surface area (Å²) >= 11 is 0. The summed E-state index contributed by atoms with van der Waals surface area (Å²) < 4.78 is 7.13. The van der Waals surface area contributed by atoms with Gasteiger partial charge in [0.05, 0.1) is 5.56 Å². The van der Waals surface area contributed by atoms with Crippen molar-refractivity contribution in [3.05, 3.63) is 59.8 Å². The number of fused-ring (bicyclic) bond motifs is 1. The molecule has 1 aliphatic heterocycles. The highest BCUT2D eigenvalue weighted by Crippen LogP contribution is 2.25. The molecule has 3 aromatic rings. The standard InChI is InChI=1S/C23H25N3O3/c1-16-13-17(26-11-5-6-12-26)9-10-20(16)24-22(27)15-29-23(28)19-14-25(2)21-8-4-3-7-18(19)21/h3-4,7-10,13-14H,5-6,11-12,15H2,1-2H3,(H,24,27). The summed E-state index contributed by atoms with van der Waals surface area (Å²) in [6.45, 7) is 3.80. The van der Waals surface area contributed by atoms with Crippen LogP contribution in [0.5, 0.6) is 0 Å². The van der Waals surface area contributed by atoms with Gasteiger partial charge in [-0.1, -0.05) is 18.2 Å². The van der Waals surface area contributed by atoms with E-state index < -0.39 is 5.97 Å². The predicted molar refractivity (Wildman–Crippen MR) is 114 cm³/mol. The SMILES string of the molecule is Cc1cc(N2CCCC2)ccc1NC(=O)COC(=O)c1cn(C)c2ccccc12. The van der Waals surface area contributed by atoms with Gasteiger partial charge < -0.3 is 19.5 Å². The Morgan fingerprint density at radius 2 is 1.86 bits per heavy atom. The number of aromatic nitrogens is 1. The second-order valence-electron chi connectivity index (χ2n) is 7.49. The number of esters is 1. The molecule has 0 bridgehead atoms. The van der Waals surface area contributed by atoms with Gasteiger partial charge in [-0.15, -0.1) is 0 Å². The molecule has 1 amide bonds. The second kappa shape index (κ2) is 7.99. The first-order valence-corrected chi connectivity index (χ1v) is 9.89. The van der Waals surface area contributed by atoms with Crippen molar-refractivity contribution < 1.29 is 14.3 Å². The van der Waals surface area contributed by atoms with Gasteiger partial charge in [-0.25, -0.2) is 4.79 Å². The highest BCUT2D eigenvalue weighted by atomic mass is 16.5. The molecule has 1 aromatic heterocycles. The molecule has 29 heavy (non-hydrogen) atoms. The number of carbonyl (C=O) groups excluding carboxylic acids is 2. The van der Waals surface area contributed by atoms with Crippen molar-refractivity contribution in [3.63, 3.8) is 0 Å². The molecule has 1 N–H and O–H groups in total. The van der Waals surface area contributed by atoms with Crippen LogP contribution in [-0.4, -0.2) is 36.1 Å². The monoisotopic (exact) mass is 391 g/mol. The second-order valence-corrected chi connectivity index (χ2v) is 7.49. The summed E-state index contributed by atoms with van der Waals surface area (Å²) in [4.78, 5) is 27.1. The molecule has 1 fully saturated rings. The van der Waals surface area contributed by atoms with Gasteiger partial charge in [0.2, 0.25) is 0 Å². The molecule has 1 aliphatic rings. The minimum Gasteiger partial charge on any atom is -0.452 e. The summed E-state index contributed by atoms with van der Waals surface area (Å²) in [7, 11) is 1.88. The fourth-order valence-electron chi connectivity index (χ4n) is 3.86. The smallest absolute Gasteiger partial charge is 0.340 e. The molecule has 0 atom stereocenters. The first kappa shape index (κ1) is 19.1. The third-order valence-corrected chi connectivity index (χ3v) is 5.41. The number of para-hydroxylation sites is 1. The van der Waals surface area contributed by atoms with Crippen LogP contribution in [0.1, 0.15) is 28.8 Å². The zero-order valence-corrected chi connectivity index (χ0v) is 16.8. The number of benzene rings is 2. The number of hydrogen-bond donors (Lipinski definition) is 1. The first-order valence-electron chi connectivity index (χ1n) is 9.89. The molecule has 2 aromatic carbocycles. The van der Waals surface area contributed by atoms with Gasteiger partial charge in [-0.2, -0.15) is 0 Å². The highest BCUT2D eigenvalue weighted by Gasteiger charge is 2.17. The number of nitrogens with one attached hydrogen (secondary N) is 1. The fourth-order valence-corrected chi connectivity index (χ4v) is 3.86. The topological polar surface area (TPSA) is 63.6 Å². The number of anilines is 2. The fraction of sp³-hybridized carbons (Fsp3) is 0.304. The molecule has 150 valence electrons. The lowest BCUT2D eigenvalue weighted by molar-refractivity contribution is -0.119. The maximum atomic E-state index is 12.5. The number of nitrogens with zero attached hydrogens (tertiary/aromatic N) is 2. The summed E-state index contributed by atoms with van der Waals surface area (Å²) in [5.41, 5.74) is 4.31. The van der Waals surface area contributed by atoms with E-state index in [1.165, 1.54) is 18.5 Å². The van der Waals surface area contributed by atoms with Gasteiger partial charge in [0, 0.05) is 48.6 Å². The van der Waals surface area contributed by atoms with Gasteiger partial charge in [0.15, 0.2) is 6.61 Å². The normalized spacial score (nSPS) is 13.7. The van der Waals surface area contributed by atoms with E-state index in [2.05, 4.69) is 16.3 Å². The predicted octanol–water partition coefficient (Wildman–Crippen LogP) is 3.88. The van der Waals surface area contributed by atoms with Crippen LogP contribution < -0.4 is 10.2 Å². The van der Waals surface area contributed by atoms with E-state index in [4.69, 9.17) is 4.74 Å². The van der Waals surface area contributed by atoms with Crippen LogP contribution in [0.25, 0.3) is 10.9 Å². The van der Waals surface area contributed by atoms with E-state index in [0.29, 0.717) is 5.56 Å². The maximum Gasteiger partial charge on any atom is 0.340 e. The number of rotatable bonds is 5. The Morgan fingerprint density at radius 1 is 1.10 bits per heavy atom. The Bertz CT molecular complexity index is 1060. The van der Waals surface area contributed by atoms with E-state index >= 15 is 0 Å². The van der Waals surface area contributed by atoms with Crippen molar-refractivity contribution in [2.75, 3.05) is 29.9 Å². The van der Waals surface area contributed by atoms with Gasteiger partial charge in [0.1, 0.15) is 0 Å². The van der Waals surface area contributed by atoms with Crippen molar-refractivity contribution in [2.24, 2.45) is 7.05 Å². The molecular weight excluding hydrogens is 366 g/mol. The Labute approximate surface area is 170 Å². The quantitative estimate of drug-likeness (QED) is 0.671. The molecule has 0 saturated carbocycles. The van der Waals surface area contributed by atoms with E-state index in [1.54, 1.807) is 6.20 Å². The minimum atomic E-state index is -0.502. The average molecular weight is 391 g/mol. The third-order valence-electron chi connectivity index (χ3n) is 5.41. The van der Waals surface area contributed by atoms with Gasteiger partial charge >= 0.3 is 5.97 Å². The van der Waals surface area contributed by atoms with Crippen LogP contribution in [0.4, 0.5) is 11.4 Å². The number of ether oxygens (including phenoxy) is 1. The molecule has 6 heteroatoms. The molecule has 0 spiro atoms. The number of aryl methyl sites for hydroxylation is 2. The van der Waals surface area contributed by atoms with Crippen LogP contribution in [-0.2, 0) is 16.6 Å². The summed E-state index contributed by atoms with van der Waals surface area (Å²) in [5, 5.41) is 3.65. The molecule has 1 saturated heterocycles. The summed E-state index contributed by atoms with van der Waals surface area (Å²) in [6.07, 6.45) is 4.17. The Hall–Kier alpha value is -3.28. The molecular formula is C23H25N3O3. The van der Waals surface area contributed by atoms with Crippen LogP contribution in [0.2, 0.25) is 0 Å². The van der Waals surface area contributed by atoms with Gasteiger partial charge in [-0.05, 0) is 49.6 Å². The van der Waals surface area contributed by atoms with Gasteiger partial charge in [0.25, 0.3) is 5.91 Å². The Balaban J connectivity index is 1.38. The van der Waals surface area contributed by atoms with Crippen molar-refractivity contribution >= 4 is 34.2 Å². The maximum absolute atomic E-state index is 12.5. The number of amides is 1. The lowest BCUT2D eigenvalue weighted by Gasteiger charge is -2.19. The van der Waals surface area contributed by atoms with Gasteiger partial charge in [-0.3, -0.25) is 4.79 Å². The molecule has 2 heterocycles. The zero-order chi connectivity index (χ0) is 20.4. The highest BCUT2D eigenvalue weighted by molar-refractivity contribution is 6.05. The summed E-state index contributed by atoms with van der Waals surface area (Å²) in [5.74, 6) is -0.853. The van der Waals surface area contributed by atoms with Crippen LogP contribution in [0.3, 0.4) is 0 Å². The van der Waals surface area contributed by atoms with E-state index in [1.807, 2.05) is 54.9 Å². The van der Waals surface area contributed by atoms with Crippen LogP contribution in [0.15, 0.2) is 48.7 Å². The van der Waals surface area contributed by atoms with Crippen molar-refractivity contribution in [3.8, 4) is 0 Å². The van der Waals surface area contributed by atoms with Crippen molar-refractivity contribution in [1.82, 2.24) is 4.57 Å². The van der Waals surface area contributed by atoms with E-state index in [0.717, 1.165) is 35.2 Å². The Kier molecular flexibility index (Phi) is 5.25. The van der Waals surface area contributed by atoms with Crippen LogP contribution in [0, 0.1) is 6.92 Å². The third kappa shape index (κ3) is 3.97. The van der Waals surface area contributed by atoms with Crippen LogP contribution >= 0.6 is 0 Å². The number of hydrogen-bond acceptors (Lipinski definition) is 4. The average Bonchev–Trinajstić information content (AvgIpc) is 3.37. The lowest BCUT2D eigenvalue weighted by Crippen LogP contribution is -2.22. The zero-order valence-electron chi connectivity index (χ0n) is 16.8. The molecule has 0 aliphatic carbocycles. The largest absolute Gasteiger partial charge is 0.452 e. The summed E-state index contributed by atoms with van der Waals surface area (Å²) in [6, 6.07) is 13.6. The van der Waals surface area contributed by atoms with Crippen molar-refractivity contribution in [1.29, 1.82) is 0 Å². The van der Waals surface area contributed by atoms with Crippen molar-refractivity contribution in [2.45, 2.75) is 19.8 Å². The minimum absolute atomic E-state index is 0.324. The number of carbonyl (C=O) groups is 2. The molecule has 0 radical (unpaired) electrons. The first-order chi connectivity index (χ1) is 14.0. The molecule has 4 rings (SSSR count). The Morgan fingerprint density at radius 3 is 2.62 bits per heavy atom. The van der Waals surface area contributed by atoms with E-state index in [-0.39, 0.29) is 12.5 Å².